The third-order valence-electron chi connectivity index (χ3n) is 2.27. The maximum absolute atomic E-state index is 10.4. The van der Waals surface area contributed by atoms with E-state index in [2.05, 4.69) is 0 Å². The van der Waals surface area contributed by atoms with Gasteiger partial charge >= 0.3 is 5.97 Å². The molecule has 5 heteroatoms. The normalized spacial score (nSPS) is 12.2. The Labute approximate surface area is 99.0 Å². The van der Waals surface area contributed by atoms with Crippen molar-refractivity contribution in [3.63, 3.8) is 0 Å². The van der Waals surface area contributed by atoms with Gasteiger partial charge in [-0.3, -0.25) is 4.79 Å². The monoisotopic (exact) mass is 243 g/mol. The molecule has 0 spiro atoms. The van der Waals surface area contributed by atoms with Crippen molar-refractivity contribution in [2.75, 3.05) is 7.11 Å². The number of carbonyl (C=O) groups is 1. The van der Waals surface area contributed by atoms with Crippen LogP contribution in [0.25, 0.3) is 0 Å². The summed E-state index contributed by atoms with van der Waals surface area (Å²) < 4.78 is 5.06. The number of rotatable bonds is 5. The molecule has 0 aliphatic rings. The van der Waals surface area contributed by atoms with E-state index in [0.717, 1.165) is 0 Å². The van der Waals surface area contributed by atoms with Crippen molar-refractivity contribution in [3.05, 3.63) is 28.8 Å². The summed E-state index contributed by atoms with van der Waals surface area (Å²) in [5, 5.41) is 9.09. The van der Waals surface area contributed by atoms with Gasteiger partial charge in [-0.05, 0) is 30.2 Å². The first-order chi connectivity index (χ1) is 7.54. The molecule has 1 rings (SSSR count). The molecule has 4 nitrogen and oxygen atoms in total. The summed E-state index contributed by atoms with van der Waals surface area (Å²) in [7, 11) is 1.55. The van der Waals surface area contributed by atoms with E-state index in [1.54, 1.807) is 25.3 Å². The Kier molecular flexibility index (Phi) is 4.58. The van der Waals surface area contributed by atoms with Crippen molar-refractivity contribution in [1.82, 2.24) is 0 Å². The van der Waals surface area contributed by atoms with Crippen LogP contribution in [0.3, 0.4) is 0 Å². The average Bonchev–Trinajstić information content (AvgIpc) is 2.26. The molecule has 0 fully saturated rings. The van der Waals surface area contributed by atoms with Gasteiger partial charge in [-0.25, -0.2) is 0 Å². The largest absolute Gasteiger partial charge is 0.497 e. The molecule has 1 aromatic rings. The Hall–Kier alpha value is -1.26. The van der Waals surface area contributed by atoms with Gasteiger partial charge in [-0.2, -0.15) is 0 Å². The summed E-state index contributed by atoms with van der Waals surface area (Å²) >= 11 is 5.98. The second-order valence-electron chi connectivity index (χ2n) is 3.43. The lowest BCUT2D eigenvalue weighted by Gasteiger charge is -2.13. The van der Waals surface area contributed by atoms with E-state index < -0.39 is 12.0 Å². The number of carboxylic acid groups (broad SMARTS) is 1. The standard InChI is InChI=1S/C11H14ClNO3/c1-16-7-2-3-9(12)8(6-7)10(13)4-5-11(14)15/h2-3,6,10H,4-5,13H2,1H3,(H,14,15). The summed E-state index contributed by atoms with van der Waals surface area (Å²) in [6, 6.07) is 4.76. The van der Waals surface area contributed by atoms with E-state index in [1.807, 2.05) is 0 Å². The van der Waals surface area contributed by atoms with E-state index in [1.165, 1.54) is 0 Å². The lowest BCUT2D eigenvalue weighted by Crippen LogP contribution is -2.12. The fourth-order valence-electron chi connectivity index (χ4n) is 1.37. The molecule has 1 atom stereocenters. The third kappa shape index (κ3) is 3.40. The highest BCUT2D eigenvalue weighted by molar-refractivity contribution is 6.31. The van der Waals surface area contributed by atoms with E-state index in [9.17, 15) is 4.79 Å². The van der Waals surface area contributed by atoms with Crippen LogP contribution in [-0.4, -0.2) is 18.2 Å². The van der Waals surface area contributed by atoms with Gasteiger partial charge in [-0.1, -0.05) is 11.6 Å². The first-order valence-electron chi connectivity index (χ1n) is 4.85. The number of aliphatic carboxylic acids is 1. The fraction of sp³-hybridized carbons (Fsp3) is 0.364. The minimum Gasteiger partial charge on any atom is -0.497 e. The Morgan fingerprint density at radius 3 is 2.88 bits per heavy atom. The molecule has 88 valence electrons. The molecule has 0 aromatic heterocycles. The maximum atomic E-state index is 10.4. The number of hydrogen-bond donors (Lipinski definition) is 2. The van der Waals surface area contributed by atoms with Crippen LogP contribution in [0.5, 0.6) is 5.75 Å². The summed E-state index contributed by atoms with van der Waals surface area (Å²) in [5.74, 6) is -0.209. The minimum atomic E-state index is -0.866. The molecule has 1 unspecified atom stereocenters. The quantitative estimate of drug-likeness (QED) is 0.832. The summed E-state index contributed by atoms with van der Waals surface area (Å²) in [6.07, 6.45) is 0.372. The van der Waals surface area contributed by atoms with Crippen molar-refractivity contribution in [1.29, 1.82) is 0 Å². The van der Waals surface area contributed by atoms with Crippen molar-refractivity contribution < 1.29 is 14.6 Å². The third-order valence-corrected chi connectivity index (χ3v) is 2.62. The molecule has 0 aliphatic carbocycles. The molecular weight excluding hydrogens is 230 g/mol. The summed E-state index contributed by atoms with van der Waals surface area (Å²) in [6.45, 7) is 0. The number of nitrogens with two attached hydrogens (primary N) is 1. The van der Waals surface area contributed by atoms with E-state index in [0.29, 0.717) is 22.8 Å². The number of benzene rings is 1. The highest BCUT2D eigenvalue weighted by atomic mass is 35.5. The van der Waals surface area contributed by atoms with Gasteiger partial charge in [0, 0.05) is 17.5 Å². The predicted octanol–water partition coefficient (Wildman–Crippen LogP) is 2.21. The molecule has 16 heavy (non-hydrogen) atoms. The minimum absolute atomic E-state index is 0.0225. The molecule has 0 saturated carbocycles. The SMILES string of the molecule is COc1ccc(Cl)c(C(N)CCC(=O)O)c1. The highest BCUT2D eigenvalue weighted by Crippen LogP contribution is 2.28. The first-order valence-corrected chi connectivity index (χ1v) is 5.23. The smallest absolute Gasteiger partial charge is 0.303 e. The topological polar surface area (TPSA) is 72.5 Å². The number of hydrogen-bond acceptors (Lipinski definition) is 3. The Balaban J connectivity index is 2.80. The van der Waals surface area contributed by atoms with E-state index in [-0.39, 0.29) is 6.42 Å². The lowest BCUT2D eigenvalue weighted by molar-refractivity contribution is -0.137. The number of ether oxygens (including phenoxy) is 1. The van der Waals surface area contributed by atoms with Gasteiger partial charge in [0.15, 0.2) is 0 Å². The molecule has 1 aromatic carbocycles. The Morgan fingerprint density at radius 1 is 1.62 bits per heavy atom. The van der Waals surface area contributed by atoms with Crippen molar-refractivity contribution in [3.8, 4) is 5.75 Å². The van der Waals surface area contributed by atoms with Crippen LogP contribution in [0.4, 0.5) is 0 Å². The van der Waals surface area contributed by atoms with Crippen LogP contribution >= 0.6 is 11.6 Å². The van der Waals surface area contributed by atoms with E-state index in [4.69, 9.17) is 27.2 Å². The number of carboxylic acids is 1. The van der Waals surface area contributed by atoms with E-state index >= 15 is 0 Å². The van der Waals surface area contributed by atoms with Gasteiger partial charge in [0.25, 0.3) is 0 Å². The van der Waals surface area contributed by atoms with Crippen LogP contribution in [0.1, 0.15) is 24.4 Å². The van der Waals surface area contributed by atoms with Crippen LogP contribution in [0, 0.1) is 0 Å². The zero-order valence-electron chi connectivity index (χ0n) is 8.94. The van der Waals surface area contributed by atoms with Crippen LogP contribution in [0.2, 0.25) is 5.02 Å². The first kappa shape index (κ1) is 12.8. The zero-order chi connectivity index (χ0) is 12.1. The van der Waals surface area contributed by atoms with Gasteiger partial charge < -0.3 is 15.6 Å². The highest BCUT2D eigenvalue weighted by Gasteiger charge is 2.12. The van der Waals surface area contributed by atoms with Crippen LogP contribution < -0.4 is 10.5 Å². The maximum Gasteiger partial charge on any atom is 0.303 e. The van der Waals surface area contributed by atoms with Crippen molar-refractivity contribution in [2.24, 2.45) is 5.73 Å². The molecule has 0 bridgehead atoms. The number of methoxy groups -OCH3 is 1. The second kappa shape index (κ2) is 5.72. The molecule has 0 heterocycles. The second-order valence-corrected chi connectivity index (χ2v) is 3.83. The number of halogens is 1. The van der Waals surface area contributed by atoms with Gasteiger partial charge in [0.2, 0.25) is 0 Å². The predicted molar refractivity (Wildman–Crippen MR) is 61.8 cm³/mol. The molecule has 0 saturated heterocycles. The van der Waals surface area contributed by atoms with Crippen LogP contribution in [-0.2, 0) is 4.79 Å². The Bertz CT molecular complexity index is 381. The Morgan fingerprint density at radius 2 is 2.31 bits per heavy atom. The molecule has 3 N–H and O–H groups in total. The summed E-state index contributed by atoms with van der Waals surface area (Å²) in [4.78, 5) is 10.4. The average molecular weight is 244 g/mol. The molecule has 0 aliphatic heterocycles. The lowest BCUT2D eigenvalue weighted by atomic mass is 10.0. The summed E-state index contributed by atoms with van der Waals surface area (Å²) in [5.41, 5.74) is 6.57. The molecule has 0 amide bonds. The van der Waals surface area contributed by atoms with Crippen molar-refractivity contribution in [2.45, 2.75) is 18.9 Å². The fourth-order valence-corrected chi connectivity index (χ4v) is 1.63. The van der Waals surface area contributed by atoms with Gasteiger partial charge in [-0.15, -0.1) is 0 Å². The molecule has 0 radical (unpaired) electrons. The van der Waals surface area contributed by atoms with Gasteiger partial charge in [0.05, 0.1) is 7.11 Å². The van der Waals surface area contributed by atoms with Crippen LogP contribution in [0.15, 0.2) is 18.2 Å². The van der Waals surface area contributed by atoms with Crippen molar-refractivity contribution >= 4 is 17.6 Å². The van der Waals surface area contributed by atoms with Gasteiger partial charge in [0.1, 0.15) is 5.75 Å². The molecular formula is C11H14ClNO3. The zero-order valence-corrected chi connectivity index (χ0v) is 9.70.